The van der Waals surface area contributed by atoms with Gasteiger partial charge in [0.2, 0.25) is 0 Å². The Bertz CT molecular complexity index is 366. The summed E-state index contributed by atoms with van der Waals surface area (Å²) in [7, 11) is 0. The van der Waals surface area contributed by atoms with Crippen LogP contribution in [-0.4, -0.2) is 0 Å². The molecule has 1 aliphatic carbocycles. The van der Waals surface area contributed by atoms with Crippen LogP contribution in [0.4, 0.5) is 0 Å². The maximum atomic E-state index is 2.35. The van der Waals surface area contributed by atoms with Gasteiger partial charge in [-0.3, -0.25) is 0 Å². The molecule has 1 atom stereocenters. The highest BCUT2D eigenvalue weighted by molar-refractivity contribution is 5.40. The minimum atomic E-state index is 0.505. The van der Waals surface area contributed by atoms with Crippen LogP contribution in [0, 0.1) is 6.92 Å². The molecule has 0 amide bonds. The highest BCUT2D eigenvalue weighted by Gasteiger charge is 2.09. The molecule has 1 aromatic rings. The van der Waals surface area contributed by atoms with Crippen molar-refractivity contribution in [1.29, 1.82) is 0 Å². The van der Waals surface area contributed by atoms with Crippen LogP contribution in [-0.2, 0) is 0 Å². The van der Waals surface area contributed by atoms with Gasteiger partial charge >= 0.3 is 0 Å². The van der Waals surface area contributed by atoms with Crippen LogP contribution >= 0.6 is 0 Å². The Morgan fingerprint density at radius 1 is 1.14 bits per heavy atom. The lowest BCUT2D eigenvalue weighted by Crippen LogP contribution is -1.88. The van der Waals surface area contributed by atoms with Crippen molar-refractivity contribution in [2.75, 3.05) is 0 Å². The largest absolute Gasteiger partial charge is 0.0730 e. The monoisotopic (exact) mass is 184 g/mol. The number of benzene rings is 1. The molecule has 0 nitrogen and oxygen atoms in total. The quantitative estimate of drug-likeness (QED) is 0.652. The minimum absolute atomic E-state index is 0.505. The minimum Gasteiger partial charge on any atom is -0.0730 e. The third-order valence-corrected chi connectivity index (χ3v) is 2.78. The molecule has 0 spiro atoms. The molecule has 0 saturated heterocycles. The van der Waals surface area contributed by atoms with Crippen molar-refractivity contribution in [3.63, 3.8) is 0 Å². The van der Waals surface area contributed by atoms with E-state index in [0.29, 0.717) is 5.92 Å². The predicted octanol–water partition coefficient (Wildman–Crippen LogP) is 3.98. The van der Waals surface area contributed by atoms with E-state index >= 15 is 0 Å². The maximum Gasteiger partial charge on any atom is 0.0207 e. The second-order valence-electron chi connectivity index (χ2n) is 3.89. The van der Waals surface area contributed by atoms with Crippen LogP contribution in [0.5, 0.6) is 0 Å². The first kappa shape index (κ1) is 9.26. The Balaban J connectivity index is 2.22. The van der Waals surface area contributed by atoms with Crippen molar-refractivity contribution in [3.05, 3.63) is 59.2 Å². The van der Waals surface area contributed by atoms with Crippen LogP contribution in [0.1, 0.15) is 30.4 Å². The molecular weight excluding hydrogens is 168 g/mol. The normalized spacial score (nSPS) is 19.9. The summed E-state index contributed by atoms with van der Waals surface area (Å²) in [5, 5.41) is 0. The summed E-state index contributed by atoms with van der Waals surface area (Å²) in [6, 6.07) is 8.81. The van der Waals surface area contributed by atoms with Gasteiger partial charge in [-0.05, 0) is 18.9 Å². The van der Waals surface area contributed by atoms with E-state index in [1.807, 2.05) is 0 Å². The van der Waals surface area contributed by atoms with Gasteiger partial charge in [0.1, 0.15) is 0 Å². The molecule has 0 bridgehead atoms. The van der Waals surface area contributed by atoms with Crippen molar-refractivity contribution < 1.29 is 0 Å². The van der Waals surface area contributed by atoms with Crippen molar-refractivity contribution in [2.24, 2.45) is 0 Å². The molecule has 0 N–H and O–H groups in total. The lowest BCUT2D eigenvalue weighted by molar-refractivity contribution is 1.08. The molecule has 0 heteroatoms. The number of rotatable bonds is 2. The molecule has 1 aromatic carbocycles. The zero-order valence-corrected chi connectivity index (χ0v) is 8.83. The molecule has 0 fully saturated rings. The Hall–Kier alpha value is -1.30. The van der Waals surface area contributed by atoms with Crippen molar-refractivity contribution >= 4 is 0 Å². The SMILES string of the molecule is CCC1=CC(c2ccc(C)cc2)C=C1. The molecule has 0 heterocycles. The van der Waals surface area contributed by atoms with Gasteiger partial charge in [-0.1, -0.05) is 60.6 Å². The first-order valence-corrected chi connectivity index (χ1v) is 5.25. The summed E-state index contributed by atoms with van der Waals surface area (Å²) >= 11 is 0. The average Bonchev–Trinajstić information content (AvgIpc) is 2.67. The number of hydrogen-bond acceptors (Lipinski definition) is 0. The van der Waals surface area contributed by atoms with Crippen molar-refractivity contribution in [2.45, 2.75) is 26.2 Å². The second kappa shape index (κ2) is 3.83. The Labute approximate surface area is 86.0 Å². The molecule has 0 aromatic heterocycles. The summed E-state index contributed by atoms with van der Waals surface area (Å²) in [6.07, 6.45) is 8.01. The van der Waals surface area contributed by atoms with Crippen LogP contribution in [0.2, 0.25) is 0 Å². The van der Waals surface area contributed by atoms with Gasteiger partial charge in [0.15, 0.2) is 0 Å². The van der Waals surface area contributed by atoms with Gasteiger partial charge in [0, 0.05) is 5.92 Å². The first-order valence-electron chi connectivity index (χ1n) is 5.25. The van der Waals surface area contributed by atoms with Crippen molar-refractivity contribution in [3.8, 4) is 0 Å². The van der Waals surface area contributed by atoms with Crippen LogP contribution in [0.15, 0.2) is 48.1 Å². The van der Waals surface area contributed by atoms with Crippen LogP contribution in [0.3, 0.4) is 0 Å². The van der Waals surface area contributed by atoms with Crippen LogP contribution < -0.4 is 0 Å². The van der Waals surface area contributed by atoms with E-state index in [1.165, 1.54) is 16.7 Å². The van der Waals surface area contributed by atoms with Gasteiger partial charge < -0.3 is 0 Å². The lowest BCUT2D eigenvalue weighted by Gasteiger charge is -2.05. The molecule has 1 unspecified atom stereocenters. The Morgan fingerprint density at radius 3 is 2.43 bits per heavy atom. The summed E-state index contributed by atoms with van der Waals surface area (Å²) in [5.74, 6) is 0.505. The standard InChI is InChI=1S/C14H16/c1-3-12-6-9-14(10-12)13-7-4-11(2)5-8-13/h4-10,14H,3H2,1-2H3. The van der Waals surface area contributed by atoms with E-state index in [1.54, 1.807) is 0 Å². The average molecular weight is 184 g/mol. The topological polar surface area (TPSA) is 0 Å². The molecule has 72 valence electrons. The predicted molar refractivity (Wildman–Crippen MR) is 61.4 cm³/mol. The van der Waals surface area contributed by atoms with Gasteiger partial charge in [-0.2, -0.15) is 0 Å². The zero-order valence-electron chi connectivity index (χ0n) is 8.83. The van der Waals surface area contributed by atoms with E-state index in [-0.39, 0.29) is 0 Å². The van der Waals surface area contributed by atoms with Gasteiger partial charge in [-0.25, -0.2) is 0 Å². The highest BCUT2D eigenvalue weighted by atomic mass is 14.1. The van der Waals surface area contributed by atoms with E-state index in [0.717, 1.165) is 6.42 Å². The lowest BCUT2D eigenvalue weighted by atomic mass is 9.99. The second-order valence-corrected chi connectivity index (χ2v) is 3.89. The third-order valence-electron chi connectivity index (χ3n) is 2.78. The maximum absolute atomic E-state index is 2.35. The number of hydrogen-bond donors (Lipinski definition) is 0. The molecule has 0 saturated carbocycles. The molecule has 0 radical (unpaired) electrons. The fourth-order valence-electron chi connectivity index (χ4n) is 1.80. The highest BCUT2D eigenvalue weighted by Crippen LogP contribution is 2.27. The summed E-state index contributed by atoms with van der Waals surface area (Å²) < 4.78 is 0. The van der Waals surface area contributed by atoms with E-state index in [2.05, 4.69) is 56.3 Å². The third kappa shape index (κ3) is 1.79. The zero-order chi connectivity index (χ0) is 9.97. The molecule has 0 aliphatic heterocycles. The molecule has 2 rings (SSSR count). The van der Waals surface area contributed by atoms with E-state index in [9.17, 15) is 0 Å². The van der Waals surface area contributed by atoms with Gasteiger partial charge in [-0.15, -0.1) is 0 Å². The summed E-state index contributed by atoms with van der Waals surface area (Å²) in [5.41, 5.74) is 4.18. The van der Waals surface area contributed by atoms with E-state index < -0.39 is 0 Å². The van der Waals surface area contributed by atoms with Gasteiger partial charge in [0.05, 0.1) is 0 Å². The Kier molecular flexibility index (Phi) is 2.53. The fourth-order valence-corrected chi connectivity index (χ4v) is 1.80. The fraction of sp³-hybridized carbons (Fsp3) is 0.286. The summed E-state index contributed by atoms with van der Waals surface area (Å²) in [6.45, 7) is 4.33. The van der Waals surface area contributed by atoms with Gasteiger partial charge in [0.25, 0.3) is 0 Å². The molecule has 1 aliphatic rings. The smallest absolute Gasteiger partial charge is 0.0207 e. The van der Waals surface area contributed by atoms with E-state index in [4.69, 9.17) is 0 Å². The number of allylic oxidation sites excluding steroid dienone is 4. The molecular formula is C14H16. The number of aryl methyl sites for hydroxylation is 1. The first-order chi connectivity index (χ1) is 6.79. The summed E-state index contributed by atoms with van der Waals surface area (Å²) in [4.78, 5) is 0. The molecule has 14 heavy (non-hydrogen) atoms. The Morgan fingerprint density at radius 2 is 1.86 bits per heavy atom. The van der Waals surface area contributed by atoms with Crippen molar-refractivity contribution in [1.82, 2.24) is 0 Å². The van der Waals surface area contributed by atoms with Crippen LogP contribution in [0.25, 0.3) is 0 Å².